The Morgan fingerprint density at radius 1 is 1.04 bits per heavy atom. The summed E-state index contributed by atoms with van der Waals surface area (Å²) in [5, 5.41) is 21.0. The van der Waals surface area contributed by atoms with Crippen molar-refractivity contribution < 1.29 is 19.5 Å². The van der Waals surface area contributed by atoms with E-state index in [1.807, 2.05) is 55.5 Å². The topological polar surface area (TPSA) is 84.7 Å². The second-order valence-electron chi connectivity index (χ2n) is 5.66. The van der Waals surface area contributed by atoms with E-state index in [4.69, 9.17) is 14.4 Å². The van der Waals surface area contributed by atoms with Crippen molar-refractivity contribution in [3.8, 4) is 5.75 Å². The van der Waals surface area contributed by atoms with Crippen LogP contribution in [0.1, 0.15) is 23.6 Å². The number of hydrogen-bond acceptors (Lipinski definition) is 7. The lowest BCUT2D eigenvalue weighted by Crippen LogP contribution is -2.35. The summed E-state index contributed by atoms with van der Waals surface area (Å²) in [5.41, 5.74) is 3.46. The highest BCUT2D eigenvalue weighted by atomic mass is 16.6. The van der Waals surface area contributed by atoms with Crippen molar-refractivity contribution in [1.29, 1.82) is 0 Å². The second-order valence-corrected chi connectivity index (χ2v) is 5.66. The molecule has 0 aliphatic carbocycles. The molecule has 0 heterocycles. The van der Waals surface area contributed by atoms with Crippen molar-refractivity contribution in [2.45, 2.75) is 19.8 Å². The Morgan fingerprint density at radius 3 is 2.37 bits per heavy atom. The third-order valence-corrected chi connectivity index (χ3v) is 3.93. The normalized spacial score (nSPS) is 13.2. The first-order valence-corrected chi connectivity index (χ1v) is 8.47. The van der Waals surface area contributed by atoms with Gasteiger partial charge in [-0.05, 0) is 26.1 Å². The van der Waals surface area contributed by atoms with Crippen molar-refractivity contribution in [2.75, 3.05) is 21.3 Å². The summed E-state index contributed by atoms with van der Waals surface area (Å²) in [5.74, 6) is 0.731. The Hall–Kier alpha value is -2.90. The van der Waals surface area contributed by atoms with Crippen molar-refractivity contribution in [3.05, 3.63) is 65.2 Å². The maximum Gasteiger partial charge on any atom is 0.151 e. The molecule has 1 unspecified atom stereocenters. The number of ether oxygens (including phenoxy) is 1. The van der Waals surface area contributed by atoms with Gasteiger partial charge < -0.3 is 19.5 Å². The molecule has 0 aromatic heterocycles. The molecule has 7 heteroatoms. The van der Waals surface area contributed by atoms with Crippen LogP contribution in [0.4, 0.5) is 0 Å². The number of aliphatic hydroxyl groups excluding tert-OH is 1. The summed E-state index contributed by atoms with van der Waals surface area (Å²) in [6.45, 7) is 2.06. The maximum absolute atomic E-state index is 10.1. The van der Waals surface area contributed by atoms with E-state index in [0.717, 1.165) is 16.9 Å². The highest BCUT2D eigenvalue weighted by Gasteiger charge is 2.17. The van der Waals surface area contributed by atoms with Crippen LogP contribution in [0.3, 0.4) is 0 Å². The summed E-state index contributed by atoms with van der Waals surface area (Å²) >= 11 is 0. The van der Waals surface area contributed by atoms with Crippen LogP contribution in [0.2, 0.25) is 0 Å². The fourth-order valence-corrected chi connectivity index (χ4v) is 2.57. The fourth-order valence-electron chi connectivity index (χ4n) is 2.57. The number of rotatable bonds is 9. The quantitative estimate of drug-likeness (QED) is 0.402. The first kappa shape index (κ1) is 20.4. The van der Waals surface area contributed by atoms with Gasteiger partial charge in [0.15, 0.2) is 6.23 Å². The van der Waals surface area contributed by atoms with Gasteiger partial charge in [0, 0.05) is 16.7 Å². The summed E-state index contributed by atoms with van der Waals surface area (Å²) in [4.78, 5) is 10.4. The average Bonchev–Trinajstić information content (AvgIpc) is 2.71. The summed E-state index contributed by atoms with van der Waals surface area (Å²) in [7, 11) is 4.69. The van der Waals surface area contributed by atoms with Crippen molar-refractivity contribution in [3.63, 3.8) is 0 Å². The molecule has 0 spiro atoms. The van der Waals surface area contributed by atoms with E-state index in [1.54, 1.807) is 14.2 Å². The maximum atomic E-state index is 10.1. The van der Waals surface area contributed by atoms with Crippen molar-refractivity contribution in [2.24, 2.45) is 10.3 Å². The van der Waals surface area contributed by atoms with Gasteiger partial charge in [-0.1, -0.05) is 46.7 Å². The van der Waals surface area contributed by atoms with Crippen molar-refractivity contribution in [1.82, 2.24) is 5.32 Å². The molecule has 144 valence electrons. The number of nitrogens with zero attached hydrogens (tertiary/aromatic N) is 2. The molecule has 2 aromatic rings. The molecule has 0 amide bonds. The molecule has 27 heavy (non-hydrogen) atoms. The van der Waals surface area contributed by atoms with Gasteiger partial charge >= 0.3 is 0 Å². The smallest absolute Gasteiger partial charge is 0.151 e. The lowest BCUT2D eigenvalue weighted by Gasteiger charge is -2.15. The van der Waals surface area contributed by atoms with Gasteiger partial charge in [-0.2, -0.15) is 0 Å². The number of methoxy groups -OCH3 is 1. The van der Waals surface area contributed by atoms with Gasteiger partial charge in [-0.25, -0.2) is 0 Å². The third kappa shape index (κ3) is 5.29. The number of oxime groups is 2. The Labute approximate surface area is 159 Å². The predicted molar refractivity (Wildman–Crippen MR) is 105 cm³/mol. The first-order valence-electron chi connectivity index (χ1n) is 8.47. The molecule has 0 aliphatic heterocycles. The summed E-state index contributed by atoms with van der Waals surface area (Å²) < 4.78 is 5.35. The van der Waals surface area contributed by atoms with Crippen LogP contribution >= 0.6 is 0 Å². The van der Waals surface area contributed by atoms with Crippen LogP contribution < -0.4 is 10.1 Å². The zero-order chi connectivity index (χ0) is 19.6. The van der Waals surface area contributed by atoms with E-state index in [1.165, 1.54) is 7.11 Å². The van der Waals surface area contributed by atoms with E-state index in [-0.39, 0.29) is 6.61 Å². The SMILES string of the molecule is CNC(O)/C(=N/OC)c1ccccc1CO/N=C(\C)c1ccccc1OC. The lowest BCUT2D eigenvalue weighted by molar-refractivity contribution is 0.130. The first-order chi connectivity index (χ1) is 13.1. The zero-order valence-electron chi connectivity index (χ0n) is 16.0. The molecule has 0 fully saturated rings. The fraction of sp³-hybridized carbons (Fsp3) is 0.300. The number of benzene rings is 2. The van der Waals surface area contributed by atoms with Crippen LogP contribution in [0.15, 0.2) is 58.8 Å². The standard InChI is InChI=1S/C20H25N3O4/c1-14(16-10-7-8-12-18(16)25-3)22-27-13-15-9-5-6-11-17(15)19(23-26-4)20(24)21-2/h5-12,20-21,24H,13H2,1-4H3/b22-14+,23-19+. The van der Waals surface area contributed by atoms with Crippen LogP contribution in [0.25, 0.3) is 0 Å². The largest absolute Gasteiger partial charge is 0.496 e. The Balaban J connectivity index is 2.20. The van der Waals surface area contributed by atoms with Gasteiger partial charge in [0.25, 0.3) is 0 Å². The van der Waals surface area contributed by atoms with E-state index in [2.05, 4.69) is 15.6 Å². The van der Waals surface area contributed by atoms with Crippen LogP contribution in [0, 0.1) is 0 Å². The molecule has 2 N–H and O–H groups in total. The highest BCUT2D eigenvalue weighted by Crippen LogP contribution is 2.19. The molecule has 1 atom stereocenters. The number of nitrogens with one attached hydrogen (secondary N) is 1. The van der Waals surface area contributed by atoms with E-state index < -0.39 is 6.23 Å². The van der Waals surface area contributed by atoms with Gasteiger partial charge in [0.2, 0.25) is 0 Å². The Morgan fingerprint density at radius 2 is 1.70 bits per heavy atom. The number of para-hydroxylation sites is 1. The molecule has 0 aliphatic rings. The molecule has 0 saturated carbocycles. The second kappa shape index (κ2) is 10.3. The van der Waals surface area contributed by atoms with E-state index >= 15 is 0 Å². The third-order valence-electron chi connectivity index (χ3n) is 3.93. The van der Waals surface area contributed by atoms with E-state index in [9.17, 15) is 5.11 Å². The summed E-state index contributed by atoms with van der Waals surface area (Å²) in [6.07, 6.45) is -0.968. The number of hydrogen-bond donors (Lipinski definition) is 2. The van der Waals surface area contributed by atoms with Crippen LogP contribution in [0.5, 0.6) is 5.75 Å². The molecule has 0 saturated heterocycles. The molecule has 7 nitrogen and oxygen atoms in total. The number of likely N-dealkylation sites (N-methyl/N-ethyl adjacent to an activating group) is 1. The minimum absolute atomic E-state index is 0.210. The molecule has 0 radical (unpaired) electrons. The van der Waals surface area contributed by atoms with E-state index in [0.29, 0.717) is 17.0 Å². The zero-order valence-corrected chi connectivity index (χ0v) is 16.0. The summed E-state index contributed by atoms with van der Waals surface area (Å²) in [6, 6.07) is 15.1. The van der Waals surface area contributed by atoms with Gasteiger partial charge in [-0.3, -0.25) is 5.32 Å². The number of aliphatic hydroxyl groups is 1. The van der Waals surface area contributed by atoms with Crippen LogP contribution in [-0.2, 0) is 16.3 Å². The monoisotopic (exact) mass is 371 g/mol. The lowest BCUT2D eigenvalue weighted by atomic mass is 10.0. The minimum Gasteiger partial charge on any atom is -0.496 e. The van der Waals surface area contributed by atoms with Gasteiger partial charge in [0.1, 0.15) is 25.2 Å². The van der Waals surface area contributed by atoms with Crippen molar-refractivity contribution >= 4 is 11.4 Å². The predicted octanol–water partition coefficient (Wildman–Crippen LogP) is 2.52. The highest BCUT2D eigenvalue weighted by molar-refractivity contribution is 6.04. The molecule has 2 aromatic carbocycles. The minimum atomic E-state index is -0.968. The van der Waals surface area contributed by atoms with Gasteiger partial charge in [-0.15, -0.1) is 0 Å². The molecule has 2 rings (SSSR count). The molecular weight excluding hydrogens is 346 g/mol. The average molecular weight is 371 g/mol. The Bertz CT molecular complexity index is 805. The molecular formula is C20H25N3O4. The molecule has 0 bridgehead atoms. The van der Waals surface area contributed by atoms with Crippen LogP contribution in [-0.4, -0.2) is 44.0 Å². The Kier molecular flexibility index (Phi) is 7.79. The van der Waals surface area contributed by atoms with Gasteiger partial charge in [0.05, 0.1) is 12.8 Å².